The number of carbonyl (C=O) groups excluding carboxylic acids is 2. The molecular formula is C57H63N9O7. The minimum Gasteiger partial charge on any atom is -0.493 e. The van der Waals surface area contributed by atoms with Gasteiger partial charge in [0, 0.05) is 77.4 Å². The van der Waals surface area contributed by atoms with Crippen molar-refractivity contribution in [3.8, 4) is 29.2 Å². The predicted molar refractivity (Wildman–Crippen MR) is 280 cm³/mol. The van der Waals surface area contributed by atoms with E-state index in [1.54, 1.807) is 15.5 Å². The Balaban J connectivity index is 0.00000302. The van der Waals surface area contributed by atoms with Gasteiger partial charge in [-0.2, -0.15) is 15.2 Å². The van der Waals surface area contributed by atoms with E-state index in [1.807, 2.05) is 32.0 Å². The number of nitriles is 1. The molecule has 16 heteroatoms. The van der Waals surface area contributed by atoms with Crippen LogP contribution in [0.2, 0.25) is 0 Å². The molecule has 378 valence electrons. The fourth-order valence-corrected chi connectivity index (χ4v) is 11.4. The summed E-state index contributed by atoms with van der Waals surface area (Å²) in [6.45, 7) is 17.0. The number of pyridine rings is 2. The lowest BCUT2D eigenvalue weighted by Crippen LogP contribution is -2.56. The predicted octanol–water partition coefficient (Wildman–Crippen LogP) is 7.35. The van der Waals surface area contributed by atoms with Gasteiger partial charge in [-0.3, -0.25) is 9.59 Å². The number of ether oxygens (including phenoxy) is 3. The van der Waals surface area contributed by atoms with Crippen molar-refractivity contribution in [2.45, 2.75) is 104 Å². The zero-order valence-corrected chi connectivity index (χ0v) is 42.4. The number of likely N-dealkylation sites (N-methyl/N-ethyl adjacent to an activating group) is 1. The van der Waals surface area contributed by atoms with Gasteiger partial charge in [0.1, 0.15) is 24.8 Å². The number of hydrogen-bond acceptors (Lipinski definition) is 14. The number of amides is 1. The Morgan fingerprint density at radius 1 is 0.945 bits per heavy atom. The number of hydrogen-bond donors (Lipinski definition) is 1. The second kappa shape index (κ2) is 20.6. The number of fused-ring (bicyclic) bond motifs is 7. The number of anilines is 2. The van der Waals surface area contributed by atoms with Crippen molar-refractivity contribution in [1.29, 1.82) is 5.26 Å². The average Bonchev–Trinajstić information content (AvgIpc) is 4.00. The molecule has 11 rings (SSSR count). The van der Waals surface area contributed by atoms with Gasteiger partial charge in [-0.05, 0) is 93.0 Å². The smallest absolute Gasteiger partial charge is 0.340 e. The van der Waals surface area contributed by atoms with Gasteiger partial charge >= 0.3 is 12.0 Å². The highest BCUT2D eigenvalue weighted by Gasteiger charge is 2.37. The van der Waals surface area contributed by atoms with Crippen LogP contribution in [0.25, 0.3) is 33.1 Å². The van der Waals surface area contributed by atoms with E-state index in [-0.39, 0.29) is 48.6 Å². The van der Waals surface area contributed by atoms with Gasteiger partial charge in [0.05, 0.1) is 66.4 Å². The second-order valence-electron chi connectivity index (χ2n) is 19.4. The van der Waals surface area contributed by atoms with Gasteiger partial charge in [-0.1, -0.05) is 57.7 Å². The number of aryl methyl sites for hydroxylation is 2. The van der Waals surface area contributed by atoms with E-state index in [0.717, 1.165) is 71.5 Å². The molecule has 1 amide bonds. The number of aromatic nitrogens is 4. The number of nitrogens with zero attached hydrogens (tertiary/aromatic N) is 9. The number of benzene rings is 3. The van der Waals surface area contributed by atoms with Crippen LogP contribution in [0, 0.1) is 18.3 Å². The molecule has 16 nitrogen and oxygen atoms in total. The van der Waals surface area contributed by atoms with Crippen LogP contribution < -0.4 is 24.8 Å². The topological polar surface area (TPSA) is 179 Å². The first-order valence-electron chi connectivity index (χ1n) is 25.8. The third kappa shape index (κ3) is 9.14. The van der Waals surface area contributed by atoms with Crippen molar-refractivity contribution < 1.29 is 28.9 Å². The first-order chi connectivity index (χ1) is 35.5. The van der Waals surface area contributed by atoms with Crippen LogP contribution in [-0.2, 0) is 46.9 Å². The van der Waals surface area contributed by atoms with Crippen molar-refractivity contribution in [2.75, 3.05) is 62.8 Å². The summed E-state index contributed by atoms with van der Waals surface area (Å²) in [5.74, 6) is 0.445. The zero-order chi connectivity index (χ0) is 51.1. The van der Waals surface area contributed by atoms with Gasteiger partial charge < -0.3 is 43.5 Å². The molecule has 1 N–H and O–H groups in total. The maximum absolute atomic E-state index is 14.2. The van der Waals surface area contributed by atoms with Crippen LogP contribution in [0.5, 0.6) is 11.8 Å². The number of aliphatic hydroxyl groups excluding tert-OH is 1. The van der Waals surface area contributed by atoms with E-state index in [2.05, 4.69) is 84.6 Å². The Labute approximate surface area is 425 Å². The molecule has 3 unspecified atom stereocenters. The quantitative estimate of drug-likeness (QED) is 0.0949. The van der Waals surface area contributed by atoms with Crippen LogP contribution in [-0.4, -0.2) is 111 Å². The lowest BCUT2D eigenvalue weighted by Gasteiger charge is -2.42. The summed E-state index contributed by atoms with van der Waals surface area (Å²) in [4.78, 5) is 63.8. The first kappa shape index (κ1) is 49.2. The lowest BCUT2D eigenvalue weighted by molar-refractivity contribution is -0.157. The summed E-state index contributed by atoms with van der Waals surface area (Å²) in [5.41, 5.74) is 8.91. The lowest BCUT2D eigenvalue weighted by atomic mass is 9.97. The third-order valence-corrected chi connectivity index (χ3v) is 15.3. The number of rotatable bonds is 12. The normalized spacial score (nSPS) is 19.1. The Kier molecular flexibility index (Phi) is 13.9. The molecule has 0 radical (unpaired) electrons. The standard InChI is InChI=1S/C55H57N9O7.C2H6/c1-5-38-40-25-37(14-15-44(40)57-49-42(38)28-64-47(49)26-41-43(53(64)67)31-70-54(68)50(41)65)69-24-18-33(3)52(66)63-23-22-62(27-35(63)16-19-56)51-39-17-21-61(46-13-7-11-34-10-6-9-32(2)48(34)46)29-45(39)58-55(59-51)71-30-36-12-8-20-60(36)4;1-2/h6-7,9-11,13-15,25-26,35-36,50,65H,3,5,8,12,16-18,20-24,27-31H2,1-2,4H3;1-2H3. The molecule has 3 aromatic carbocycles. The molecule has 3 aromatic heterocycles. The minimum atomic E-state index is -1.52. The summed E-state index contributed by atoms with van der Waals surface area (Å²) < 4.78 is 19.4. The van der Waals surface area contributed by atoms with Crippen LogP contribution in [0.4, 0.5) is 11.5 Å². The molecule has 5 aliphatic rings. The Hall–Kier alpha value is -7.35. The van der Waals surface area contributed by atoms with Gasteiger partial charge in [-0.25, -0.2) is 9.78 Å². The van der Waals surface area contributed by atoms with E-state index in [1.165, 1.54) is 22.0 Å². The highest BCUT2D eigenvalue weighted by molar-refractivity contribution is 5.97. The van der Waals surface area contributed by atoms with E-state index >= 15 is 0 Å². The Morgan fingerprint density at radius 2 is 1.77 bits per heavy atom. The molecule has 0 saturated carbocycles. The van der Waals surface area contributed by atoms with Crippen LogP contribution in [0.1, 0.15) is 91.6 Å². The number of aliphatic hydroxyl groups is 1. The van der Waals surface area contributed by atoms with Crippen LogP contribution in [0.3, 0.4) is 0 Å². The average molecular weight is 986 g/mol. The number of carbonyl (C=O) groups is 2. The molecule has 2 saturated heterocycles. The second-order valence-corrected chi connectivity index (χ2v) is 19.4. The number of likely N-dealkylation sites (tertiary alicyclic amines) is 1. The molecule has 5 aliphatic heterocycles. The molecule has 0 spiro atoms. The van der Waals surface area contributed by atoms with Crippen molar-refractivity contribution in [3.05, 3.63) is 122 Å². The molecular weight excluding hydrogens is 923 g/mol. The summed E-state index contributed by atoms with van der Waals surface area (Å²) in [7, 11) is 2.13. The largest absolute Gasteiger partial charge is 0.493 e. The van der Waals surface area contributed by atoms with E-state index in [9.17, 15) is 24.8 Å². The molecule has 8 heterocycles. The maximum Gasteiger partial charge on any atom is 0.340 e. The van der Waals surface area contributed by atoms with Gasteiger partial charge in [0.25, 0.3) is 5.56 Å². The molecule has 0 bridgehead atoms. The van der Waals surface area contributed by atoms with Crippen molar-refractivity contribution in [3.63, 3.8) is 0 Å². The molecule has 73 heavy (non-hydrogen) atoms. The summed E-state index contributed by atoms with van der Waals surface area (Å²) >= 11 is 0. The Morgan fingerprint density at radius 3 is 2.55 bits per heavy atom. The van der Waals surface area contributed by atoms with E-state index in [0.29, 0.717) is 80.5 Å². The maximum atomic E-state index is 14.2. The van der Waals surface area contributed by atoms with E-state index in [4.69, 9.17) is 29.2 Å². The number of esters is 1. The third-order valence-electron chi connectivity index (χ3n) is 15.3. The summed E-state index contributed by atoms with van der Waals surface area (Å²) in [6, 6.07) is 22.8. The van der Waals surface area contributed by atoms with Gasteiger partial charge in [0.2, 0.25) is 5.91 Å². The van der Waals surface area contributed by atoms with Gasteiger partial charge in [-0.15, -0.1) is 0 Å². The molecule has 0 aliphatic carbocycles. The van der Waals surface area contributed by atoms with Crippen molar-refractivity contribution in [2.24, 2.45) is 0 Å². The molecule has 2 fully saturated rings. The molecule has 6 aromatic rings. The van der Waals surface area contributed by atoms with Crippen LogP contribution >= 0.6 is 0 Å². The van der Waals surface area contributed by atoms with Crippen molar-refractivity contribution in [1.82, 2.24) is 29.3 Å². The Bertz CT molecular complexity index is 3270. The highest BCUT2D eigenvalue weighted by Crippen LogP contribution is 2.40. The minimum absolute atomic E-state index is 0.150. The van der Waals surface area contributed by atoms with Crippen LogP contribution in [0.15, 0.2) is 77.6 Å². The molecule has 3 atom stereocenters. The zero-order valence-electron chi connectivity index (χ0n) is 42.4. The van der Waals surface area contributed by atoms with Crippen molar-refractivity contribution >= 4 is 45.1 Å². The summed E-state index contributed by atoms with van der Waals surface area (Å²) in [6.07, 6.45) is 2.50. The van der Waals surface area contributed by atoms with Gasteiger partial charge in [0.15, 0.2) is 6.10 Å². The van der Waals surface area contributed by atoms with E-state index < -0.39 is 18.1 Å². The fourth-order valence-electron chi connectivity index (χ4n) is 11.4. The fraction of sp³-hybridized carbons (Fsp3) is 0.421. The number of piperazine rings is 1. The highest BCUT2D eigenvalue weighted by atomic mass is 16.5. The first-order valence-corrected chi connectivity index (χ1v) is 25.8. The number of cyclic esters (lactones) is 1. The SMILES string of the molecule is C=C(CCOc1ccc2nc3c(c(CC)c2c1)Cn1c-3cc2c(c1=O)COC(=O)C2O)C(=O)N1CCN(c2nc(OCC3CCCN3C)nc3c2CCN(c2cccc4cccc(C)c24)C3)CC1CC#N.CC. The summed E-state index contributed by atoms with van der Waals surface area (Å²) in [5, 5.41) is 24.0. The monoisotopic (exact) mass is 985 g/mol.